The molecule has 6 rings (SSSR count). The molecule has 0 unspecified atom stereocenters. The Morgan fingerprint density at radius 2 is 0.811 bits per heavy atom. The van der Waals surface area contributed by atoms with E-state index in [0.29, 0.717) is 11.1 Å². The fourth-order valence-electron chi connectivity index (χ4n) is 8.89. The summed E-state index contributed by atoms with van der Waals surface area (Å²) in [4.78, 5) is 151. The maximum atomic E-state index is 14.9. The van der Waals surface area contributed by atoms with Crippen molar-refractivity contribution in [2.24, 2.45) is 0 Å². The normalized spacial score (nSPS) is 12.6. The first-order chi connectivity index (χ1) is 42.5. The van der Waals surface area contributed by atoms with Crippen LogP contribution in [-0.2, 0) is 111 Å². The first-order valence-electron chi connectivity index (χ1n) is 26.3. The first-order valence-corrected chi connectivity index (χ1v) is 27.1. The smallest absolute Gasteiger partial charge is 0.340 e. The number of ether oxygens (including phenoxy) is 15. The Morgan fingerprint density at radius 1 is 0.456 bits per heavy atom. The maximum Gasteiger partial charge on any atom is 0.340 e. The summed E-state index contributed by atoms with van der Waals surface area (Å²) in [6.07, 6.45) is 0. The predicted molar refractivity (Wildman–Crippen MR) is 301 cm³/mol. The van der Waals surface area contributed by atoms with E-state index in [1.54, 1.807) is 13.8 Å². The summed E-state index contributed by atoms with van der Waals surface area (Å²) in [6, 6.07) is 11.5. The van der Waals surface area contributed by atoms with Crippen molar-refractivity contribution in [3.05, 3.63) is 108 Å². The number of esters is 11. The highest BCUT2D eigenvalue weighted by atomic mass is 35.5. The second-order valence-corrected chi connectivity index (χ2v) is 20.2. The zero-order valence-electron chi connectivity index (χ0n) is 49.2. The van der Waals surface area contributed by atoms with Gasteiger partial charge in [0.1, 0.15) is 62.4 Å². The largest absolute Gasteiger partial charge is 0.488 e. The molecule has 1 heterocycles. The van der Waals surface area contributed by atoms with Crippen molar-refractivity contribution in [2.45, 2.75) is 66.4 Å². The summed E-state index contributed by atoms with van der Waals surface area (Å²) in [5.74, 6) is -10.7. The quantitative estimate of drug-likeness (QED) is 0.0163. The summed E-state index contributed by atoms with van der Waals surface area (Å²) >= 11 is 13.9. The molecule has 482 valence electrons. The van der Waals surface area contributed by atoms with Gasteiger partial charge in [-0.25, -0.2) is 4.79 Å². The van der Waals surface area contributed by atoms with Gasteiger partial charge in [0.15, 0.2) is 5.60 Å². The van der Waals surface area contributed by atoms with Gasteiger partial charge in [0.25, 0.3) is 5.69 Å². The molecule has 0 atom stereocenters. The number of anilines is 2. The van der Waals surface area contributed by atoms with E-state index in [1.807, 2.05) is 0 Å². The number of hydrogen-bond acceptors (Lipinski definition) is 30. The molecular formula is C57H57Cl2N3O28. The molecule has 0 bridgehead atoms. The Hall–Kier alpha value is -10.2. The van der Waals surface area contributed by atoms with Crippen molar-refractivity contribution in [3.8, 4) is 23.0 Å². The van der Waals surface area contributed by atoms with Crippen molar-refractivity contribution in [2.75, 3.05) is 90.0 Å². The van der Waals surface area contributed by atoms with Crippen LogP contribution in [0, 0.1) is 10.1 Å². The van der Waals surface area contributed by atoms with E-state index in [1.165, 1.54) is 36.4 Å². The van der Waals surface area contributed by atoms with Crippen molar-refractivity contribution in [3.63, 3.8) is 0 Å². The minimum Gasteiger partial charge on any atom is -0.488 e. The summed E-state index contributed by atoms with van der Waals surface area (Å²) in [5.41, 5.74) is -3.28. The van der Waals surface area contributed by atoms with E-state index in [-0.39, 0.29) is 66.7 Å². The molecule has 0 fully saturated rings. The van der Waals surface area contributed by atoms with Crippen molar-refractivity contribution in [1.29, 1.82) is 0 Å². The number of hydrogen-bond donors (Lipinski definition) is 0. The highest BCUT2D eigenvalue weighted by molar-refractivity contribution is 6.32. The van der Waals surface area contributed by atoms with Crippen LogP contribution in [0.15, 0.2) is 54.6 Å². The van der Waals surface area contributed by atoms with Crippen LogP contribution < -0.4 is 28.7 Å². The third kappa shape index (κ3) is 17.8. The topological polar surface area (TPSA) is 376 Å². The van der Waals surface area contributed by atoms with Crippen LogP contribution in [0.4, 0.5) is 17.1 Å². The second-order valence-electron chi connectivity index (χ2n) is 19.4. The highest BCUT2D eigenvalue weighted by Crippen LogP contribution is 2.60. The molecule has 0 radical (unpaired) electrons. The first kappa shape index (κ1) is 68.9. The molecular weight excluding hydrogens is 1250 g/mol. The Kier molecular flexibility index (Phi) is 23.5. The highest BCUT2D eigenvalue weighted by Gasteiger charge is 2.57. The van der Waals surface area contributed by atoms with Crippen LogP contribution in [0.1, 0.15) is 93.6 Å². The number of nitro benzene ring substituents is 1. The average molecular weight is 1300 g/mol. The van der Waals surface area contributed by atoms with Gasteiger partial charge in [0, 0.05) is 69.7 Å². The number of nitro groups is 1. The lowest BCUT2D eigenvalue weighted by Crippen LogP contribution is -2.41. The van der Waals surface area contributed by atoms with E-state index >= 15 is 0 Å². The van der Waals surface area contributed by atoms with E-state index in [9.17, 15) is 62.9 Å². The molecule has 1 aliphatic carbocycles. The zero-order chi connectivity index (χ0) is 66.2. The molecule has 0 aromatic heterocycles. The summed E-state index contributed by atoms with van der Waals surface area (Å²) in [7, 11) is 0. The number of carbonyl (C=O) groups excluding carboxylic acids is 11. The monoisotopic (exact) mass is 1300 g/mol. The molecule has 2 aliphatic rings. The number of fused-ring (bicyclic) bond motifs is 6. The van der Waals surface area contributed by atoms with Gasteiger partial charge >= 0.3 is 65.7 Å². The van der Waals surface area contributed by atoms with Crippen molar-refractivity contribution >= 4 is 106 Å². The SMILES string of the molecule is CC(=O)OCOC(=O)CN(CC(=O)OCOC(C)=O)c1ccc([N+](=O)[O-])cc1OCCOc1cc2c(cc1N(CC(=O)OCOC(C)=O)CC(=O)OCOC(C)=O)C(=O)OC21c2cc(Cl)c(OCOC(C)=O)cc2C(C)(C)c2cc(OCOC(C)=O)c(Cl)cc21. The molecule has 1 spiro atoms. The lowest BCUT2D eigenvalue weighted by Gasteiger charge is -2.45. The Bertz CT molecular complexity index is 3350. The summed E-state index contributed by atoms with van der Waals surface area (Å²) < 4.78 is 79.9. The Balaban J connectivity index is 1.55. The van der Waals surface area contributed by atoms with Gasteiger partial charge in [0.2, 0.25) is 40.8 Å². The van der Waals surface area contributed by atoms with Gasteiger partial charge in [-0.2, -0.15) is 0 Å². The van der Waals surface area contributed by atoms with Gasteiger partial charge in [-0.1, -0.05) is 37.0 Å². The molecule has 90 heavy (non-hydrogen) atoms. The van der Waals surface area contributed by atoms with Crippen LogP contribution in [0.2, 0.25) is 10.0 Å². The van der Waals surface area contributed by atoms with Crippen LogP contribution in [-0.4, -0.2) is 151 Å². The molecule has 1 aliphatic heterocycles. The van der Waals surface area contributed by atoms with Crippen LogP contribution in [0.25, 0.3) is 0 Å². The molecule has 31 nitrogen and oxygen atoms in total. The third-order valence-corrected chi connectivity index (χ3v) is 13.4. The number of benzene rings is 4. The Morgan fingerprint density at radius 3 is 1.19 bits per heavy atom. The van der Waals surface area contributed by atoms with Gasteiger partial charge in [-0.15, -0.1) is 0 Å². The standard InChI is InChI=1S/C57H57Cl2N3O28/c1-30(63)78-24-84-47-18-39-41(15-43(47)58)57(42-16-44(59)48(85-25-79-31(2)64)19-40(42)56(39,7)8)38-17-50(46(14-37(38)55(73)90-57)61(22-53(71)88-28-82-34(5)67)23-54(72)89-29-83-35(6)68)77-12-11-76-49-13-36(62(74)75)9-10-45(49)60(20-51(69)86-26-80-32(3)65)21-52(70)87-27-81-33(4)66/h9-10,13-19H,11-12,20-29H2,1-8H3. The number of non-ortho nitro benzene ring substituents is 1. The van der Waals surface area contributed by atoms with E-state index < -0.39 is 167 Å². The molecule has 0 saturated carbocycles. The van der Waals surface area contributed by atoms with Gasteiger partial charge in [-0.05, 0) is 53.6 Å². The van der Waals surface area contributed by atoms with Crippen LogP contribution in [0.5, 0.6) is 23.0 Å². The minimum absolute atomic E-state index is 0.00734. The maximum absolute atomic E-state index is 14.9. The van der Waals surface area contributed by atoms with Crippen molar-refractivity contribution in [1.82, 2.24) is 0 Å². The second kappa shape index (κ2) is 30.6. The molecule has 0 amide bonds. The van der Waals surface area contributed by atoms with E-state index in [0.717, 1.165) is 69.5 Å². The number of carbonyl (C=O) groups is 11. The number of rotatable bonds is 30. The molecule has 33 heteroatoms. The predicted octanol–water partition coefficient (Wildman–Crippen LogP) is 5.13. The average Bonchev–Trinajstić information content (AvgIpc) is 1.34. The molecule has 0 N–H and O–H groups in total. The van der Waals surface area contributed by atoms with E-state index in [2.05, 4.69) is 9.47 Å². The number of nitrogens with zero attached hydrogens (tertiary/aromatic N) is 3. The lowest BCUT2D eigenvalue weighted by molar-refractivity contribution is -0.384. The lowest BCUT2D eigenvalue weighted by atomic mass is 9.61. The third-order valence-electron chi connectivity index (χ3n) is 12.8. The van der Waals surface area contributed by atoms with Crippen LogP contribution in [0.3, 0.4) is 0 Å². The van der Waals surface area contributed by atoms with Crippen LogP contribution >= 0.6 is 23.2 Å². The Labute approximate surface area is 520 Å². The van der Waals surface area contributed by atoms with Gasteiger partial charge in [-0.3, -0.25) is 58.1 Å². The van der Waals surface area contributed by atoms with E-state index in [4.69, 9.17) is 84.8 Å². The minimum atomic E-state index is -2.09. The molecule has 4 aromatic rings. The fraction of sp³-hybridized carbons (Fsp3) is 0.386. The van der Waals surface area contributed by atoms with Gasteiger partial charge < -0.3 is 80.9 Å². The molecule has 0 saturated heterocycles. The molecule has 4 aromatic carbocycles. The van der Waals surface area contributed by atoms with Gasteiger partial charge in [0.05, 0.1) is 38.0 Å². The summed E-state index contributed by atoms with van der Waals surface area (Å²) in [5, 5.41) is 12.0. The summed E-state index contributed by atoms with van der Waals surface area (Å²) in [6.45, 7) is 0.878. The van der Waals surface area contributed by atoms with Crippen molar-refractivity contribution < 1.29 is 129 Å². The fourth-order valence-corrected chi connectivity index (χ4v) is 9.33. The zero-order valence-corrected chi connectivity index (χ0v) is 50.7. The number of halogens is 2.